The summed E-state index contributed by atoms with van der Waals surface area (Å²) in [5, 5.41) is 8.61. The molecule has 1 atom stereocenters. The molecule has 1 aromatic carbocycles. The van der Waals surface area contributed by atoms with Crippen LogP contribution in [0.15, 0.2) is 24.5 Å². The van der Waals surface area contributed by atoms with Gasteiger partial charge in [0.15, 0.2) is 0 Å². The molecule has 0 saturated carbocycles. The van der Waals surface area contributed by atoms with Crippen molar-refractivity contribution in [2.24, 2.45) is 11.7 Å². The second-order valence-electron chi connectivity index (χ2n) is 7.47. The van der Waals surface area contributed by atoms with Gasteiger partial charge in [-0.1, -0.05) is 4.49 Å². The summed E-state index contributed by atoms with van der Waals surface area (Å²) >= 11 is 3.04. The fourth-order valence-electron chi connectivity index (χ4n) is 4.02. The summed E-state index contributed by atoms with van der Waals surface area (Å²) in [6.07, 6.45) is 4.03. The summed E-state index contributed by atoms with van der Waals surface area (Å²) in [7, 11) is 1.83. The molecule has 8 nitrogen and oxygen atoms in total. The SMILES string of the molecule is CN(CCN)C(=O)C1CCc2c(sc3ncnc(Nc4ccc5nnsc5c4)c23)C1. The zero-order valence-electron chi connectivity index (χ0n) is 16.5. The molecule has 3 aromatic heterocycles. The van der Waals surface area contributed by atoms with Crippen molar-refractivity contribution in [3.05, 3.63) is 35.0 Å². The summed E-state index contributed by atoms with van der Waals surface area (Å²) in [6.45, 7) is 1.07. The van der Waals surface area contributed by atoms with Crippen LogP contribution in [-0.4, -0.2) is 50.5 Å². The largest absolute Gasteiger partial charge is 0.344 e. The van der Waals surface area contributed by atoms with Crippen molar-refractivity contribution in [1.82, 2.24) is 24.5 Å². The Labute approximate surface area is 181 Å². The molecule has 0 saturated heterocycles. The summed E-state index contributed by atoms with van der Waals surface area (Å²) in [6, 6.07) is 5.98. The molecule has 3 N–H and O–H groups in total. The van der Waals surface area contributed by atoms with Gasteiger partial charge in [-0.3, -0.25) is 4.79 Å². The zero-order chi connectivity index (χ0) is 20.7. The van der Waals surface area contributed by atoms with Gasteiger partial charge >= 0.3 is 0 Å². The number of thiophene rings is 1. The number of aryl methyl sites for hydroxylation is 1. The number of carbonyl (C=O) groups excluding carboxylic acids is 1. The van der Waals surface area contributed by atoms with Crippen LogP contribution in [0, 0.1) is 5.92 Å². The van der Waals surface area contributed by atoms with Crippen LogP contribution in [0.2, 0.25) is 0 Å². The first-order valence-corrected chi connectivity index (χ1v) is 11.4. The first kappa shape index (κ1) is 19.3. The van der Waals surface area contributed by atoms with Crippen LogP contribution in [0.1, 0.15) is 16.9 Å². The lowest BCUT2D eigenvalue weighted by molar-refractivity contribution is -0.134. The molecule has 154 valence electrons. The van der Waals surface area contributed by atoms with Crippen molar-refractivity contribution >= 4 is 60.7 Å². The summed E-state index contributed by atoms with van der Waals surface area (Å²) < 4.78 is 5.02. The average Bonchev–Trinajstić information content (AvgIpc) is 3.37. The van der Waals surface area contributed by atoms with Gasteiger partial charge in [-0.15, -0.1) is 16.4 Å². The van der Waals surface area contributed by atoms with Gasteiger partial charge in [-0.25, -0.2) is 9.97 Å². The van der Waals surface area contributed by atoms with Crippen LogP contribution < -0.4 is 11.1 Å². The number of nitrogens with one attached hydrogen (secondary N) is 1. The molecule has 30 heavy (non-hydrogen) atoms. The van der Waals surface area contributed by atoms with Crippen LogP contribution >= 0.6 is 22.9 Å². The minimum atomic E-state index is 0.00714. The first-order valence-electron chi connectivity index (χ1n) is 9.83. The molecule has 10 heteroatoms. The maximum absolute atomic E-state index is 12.7. The van der Waals surface area contributed by atoms with E-state index in [-0.39, 0.29) is 11.8 Å². The molecule has 1 aliphatic rings. The Bertz CT molecular complexity index is 1230. The molecular formula is C20H21N7OS2. The second-order valence-corrected chi connectivity index (χ2v) is 9.34. The van der Waals surface area contributed by atoms with Gasteiger partial charge < -0.3 is 16.0 Å². The van der Waals surface area contributed by atoms with E-state index < -0.39 is 0 Å². The number of nitrogens with zero attached hydrogens (tertiary/aromatic N) is 5. The molecule has 1 amide bonds. The quantitative estimate of drug-likeness (QED) is 0.492. The van der Waals surface area contributed by atoms with Crippen molar-refractivity contribution in [3.8, 4) is 0 Å². The molecule has 0 spiro atoms. The van der Waals surface area contributed by atoms with Crippen LogP contribution in [0.4, 0.5) is 11.5 Å². The highest BCUT2D eigenvalue weighted by atomic mass is 32.1. The van der Waals surface area contributed by atoms with E-state index in [1.165, 1.54) is 22.0 Å². The van der Waals surface area contributed by atoms with E-state index in [4.69, 9.17) is 5.73 Å². The van der Waals surface area contributed by atoms with Gasteiger partial charge in [0.1, 0.15) is 22.5 Å². The second kappa shape index (κ2) is 7.86. The number of nitrogens with two attached hydrogens (primary N) is 1. The average molecular weight is 440 g/mol. The van der Waals surface area contributed by atoms with Gasteiger partial charge in [-0.2, -0.15) is 0 Å². The number of likely N-dealkylation sites (N-methyl/N-ethyl adjacent to an activating group) is 1. The van der Waals surface area contributed by atoms with Gasteiger partial charge in [0, 0.05) is 36.6 Å². The number of hydrogen-bond donors (Lipinski definition) is 2. The van der Waals surface area contributed by atoms with Crippen LogP contribution in [0.25, 0.3) is 20.4 Å². The lowest BCUT2D eigenvalue weighted by Gasteiger charge is -2.26. The highest BCUT2D eigenvalue weighted by molar-refractivity contribution is 7.19. The van der Waals surface area contributed by atoms with Crippen LogP contribution in [0.5, 0.6) is 0 Å². The van der Waals surface area contributed by atoms with Crippen molar-refractivity contribution < 1.29 is 4.79 Å². The van der Waals surface area contributed by atoms with E-state index in [1.807, 2.05) is 25.2 Å². The highest BCUT2D eigenvalue weighted by Crippen LogP contribution is 2.40. The molecule has 4 aromatic rings. The lowest BCUT2D eigenvalue weighted by Crippen LogP contribution is -2.38. The molecule has 1 unspecified atom stereocenters. The topological polar surface area (TPSA) is 110 Å². The van der Waals surface area contributed by atoms with Gasteiger partial charge in [0.2, 0.25) is 5.91 Å². The predicted molar refractivity (Wildman–Crippen MR) is 120 cm³/mol. The standard InChI is InChI=1S/C20H21N7OS2/c1-27(7-6-21)20(28)11-2-4-13-15(8-11)29-19-17(13)18(22-10-23-19)24-12-3-5-14-16(9-12)30-26-25-14/h3,5,9-11H,2,4,6-8,21H2,1H3,(H,22,23,24). The molecular weight excluding hydrogens is 418 g/mol. The Morgan fingerprint density at radius 1 is 1.37 bits per heavy atom. The zero-order valence-corrected chi connectivity index (χ0v) is 18.1. The van der Waals surface area contributed by atoms with Crippen molar-refractivity contribution in [3.63, 3.8) is 0 Å². The summed E-state index contributed by atoms with van der Waals surface area (Å²) in [5.41, 5.74) is 8.71. The number of carbonyl (C=O) groups is 1. The monoisotopic (exact) mass is 439 g/mol. The Morgan fingerprint density at radius 3 is 3.13 bits per heavy atom. The molecule has 0 radical (unpaired) electrons. The minimum absolute atomic E-state index is 0.00714. The van der Waals surface area contributed by atoms with E-state index in [0.29, 0.717) is 13.1 Å². The molecule has 1 aliphatic carbocycles. The molecule has 0 bridgehead atoms. The maximum atomic E-state index is 12.7. The number of rotatable bonds is 5. The predicted octanol–water partition coefficient (Wildman–Crippen LogP) is 2.96. The third-order valence-electron chi connectivity index (χ3n) is 5.55. The molecule has 5 rings (SSSR count). The van der Waals surface area contributed by atoms with E-state index in [9.17, 15) is 4.79 Å². The first-order chi connectivity index (χ1) is 14.6. The van der Waals surface area contributed by atoms with E-state index in [1.54, 1.807) is 22.6 Å². The maximum Gasteiger partial charge on any atom is 0.225 e. The number of amides is 1. The molecule has 3 heterocycles. The Balaban J connectivity index is 1.46. The Kier molecular flexibility index (Phi) is 5.05. The van der Waals surface area contributed by atoms with Crippen molar-refractivity contribution in [2.45, 2.75) is 19.3 Å². The van der Waals surface area contributed by atoms with Crippen molar-refractivity contribution in [1.29, 1.82) is 0 Å². The Morgan fingerprint density at radius 2 is 2.27 bits per heavy atom. The fourth-order valence-corrected chi connectivity index (χ4v) is 5.89. The van der Waals surface area contributed by atoms with E-state index in [2.05, 4.69) is 24.9 Å². The number of benzene rings is 1. The summed E-state index contributed by atoms with van der Waals surface area (Å²) in [5.74, 6) is 0.992. The fraction of sp³-hybridized carbons (Fsp3) is 0.350. The summed E-state index contributed by atoms with van der Waals surface area (Å²) in [4.78, 5) is 25.7. The normalized spacial score (nSPS) is 16.0. The van der Waals surface area contributed by atoms with Crippen LogP contribution in [-0.2, 0) is 17.6 Å². The number of hydrogen-bond acceptors (Lipinski definition) is 9. The smallest absolute Gasteiger partial charge is 0.225 e. The van der Waals surface area contributed by atoms with Gasteiger partial charge in [-0.05, 0) is 54.6 Å². The third kappa shape index (κ3) is 3.40. The molecule has 0 aliphatic heterocycles. The number of anilines is 2. The lowest BCUT2D eigenvalue weighted by atomic mass is 9.87. The van der Waals surface area contributed by atoms with E-state index in [0.717, 1.165) is 51.2 Å². The van der Waals surface area contributed by atoms with Crippen molar-refractivity contribution in [2.75, 3.05) is 25.5 Å². The Hall–Kier alpha value is -2.69. The number of fused-ring (bicyclic) bond motifs is 4. The third-order valence-corrected chi connectivity index (χ3v) is 7.39. The van der Waals surface area contributed by atoms with E-state index >= 15 is 0 Å². The van der Waals surface area contributed by atoms with Gasteiger partial charge in [0.25, 0.3) is 0 Å². The highest BCUT2D eigenvalue weighted by Gasteiger charge is 2.30. The van der Waals surface area contributed by atoms with Crippen LogP contribution in [0.3, 0.4) is 0 Å². The molecule has 0 fully saturated rings. The minimum Gasteiger partial charge on any atom is -0.344 e. The number of aromatic nitrogens is 4. The van der Waals surface area contributed by atoms with Gasteiger partial charge in [0.05, 0.1) is 10.1 Å².